The van der Waals surface area contributed by atoms with Crippen LogP contribution in [0.2, 0.25) is 5.15 Å². The Hall–Kier alpha value is -0.870. The van der Waals surface area contributed by atoms with Crippen molar-refractivity contribution in [2.45, 2.75) is 53.6 Å². The molecule has 0 radical (unpaired) electrons. The molecule has 108 valence electrons. The standard InChI is InChI=1S/C14H24ClN3O/c1-6-11-17-12(15)9(2)13(18-11)16-8-10(19)7-14(3,4)5/h10,19H,6-8H2,1-5H3,(H,16,17,18). The van der Waals surface area contributed by atoms with Gasteiger partial charge in [-0.25, -0.2) is 9.97 Å². The van der Waals surface area contributed by atoms with E-state index in [9.17, 15) is 5.11 Å². The van der Waals surface area contributed by atoms with Crippen molar-refractivity contribution in [1.82, 2.24) is 9.97 Å². The quantitative estimate of drug-likeness (QED) is 0.816. The van der Waals surface area contributed by atoms with Crippen molar-refractivity contribution in [2.75, 3.05) is 11.9 Å². The van der Waals surface area contributed by atoms with Crippen LogP contribution >= 0.6 is 11.6 Å². The molecule has 1 unspecified atom stereocenters. The lowest BCUT2D eigenvalue weighted by Gasteiger charge is -2.23. The fraction of sp³-hybridized carbons (Fsp3) is 0.714. The minimum Gasteiger partial charge on any atom is -0.391 e. The summed E-state index contributed by atoms with van der Waals surface area (Å²) in [5, 5.41) is 13.6. The van der Waals surface area contributed by atoms with Crippen LogP contribution in [-0.4, -0.2) is 27.7 Å². The SMILES string of the molecule is CCc1nc(Cl)c(C)c(NCC(O)CC(C)(C)C)n1. The molecule has 0 fully saturated rings. The lowest BCUT2D eigenvalue weighted by molar-refractivity contribution is 0.132. The fourth-order valence-electron chi connectivity index (χ4n) is 1.86. The Morgan fingerprint density at radius 3 is 2.47 bits per heavy atom. The van der Waals surface area contributed by atoms with Gasteiger partial charge < -0.3 is 10.4 Å². The Bertz CT molecular complexity index is 429. The zero-order valence-electron chi connectivity index (χ0n) is 12.4. The molecule has 0 saturated carbocycles. The Morgan fingerprint density at radius 1 is 1.32 bits per heavy atom. The summed E-state index contributed by atoms with van der Waals surface area (Å²) in [7, 11) is 0. The van der Waals surface area contributed by atoms with Crippen LogP contribution in [0.1, 0.15) is 45.5 Å². The molecule has 5 heteroatoms. The van der Waals surface area contributed by atoms with Crippen molar-refractivity contribution in [1.29, 1.82) is 0 Å². The molecule has 0 aliphatic heterocycles. The molecule has 0 aliphatic carbocycles. The number of nitrogens with one attached hydrogen (secondary N) is 1. The average molecular weight is 286 g/mol. The van der Waals surface area contributed by atoms with Gasteiger partial charge in [-0.15, -0.1) is 0 Å². The fourth-order valence-corrected chi connectivity index (χ4v) is 2.04. The van der Waals surface area contributed by atoms with Crippen LogP contribution in [0.25, 0.3) is 0 Å². The van der Waals surface area contributed by atoms with E-state index in [4.69, 9.17) is 11.6 Å². The summed E-state index contributed by atoms with van der Waals surface area (Å²) in [6.45, 7) is 10.7. The van der Waals surface area contributed by atoms with Gasteiger partial charge >= 0.3 is 0 Å². The average Bonchev–Trinajstić information content (AvgIpc) is 2.28. The third-order valence-corrected chi connectivity index (χ3v) is 3.17. The number of hydrogen-bond acceptors (Lipinski definition) is 4. The van der Waals surface area contributed by atoms with E-state index in [0.717, 1.165) is 18.4 Å². The molecule has 1 heterocycles. The summed E-state index contributed by atoms with van der Waals surface area (Å²) in [4.78, 5) is 8.59. The summed E-state index contributed by atoms with van der Waals surface area (Å²) in [6.07, 6.45) is 1.07. The highest BCUT2D eigenvalue weighted by molar-refractivity contribution is 6.30. The van der Waals surface area contributed by atoms with Crippen LogP contribution in [0.4, 0.5) is 5.82 Å². The maximum atomic E-state index is 9.99. The number of nitrogens with zero attached hydrogens (tertiary/aromatic N) is 2. The third kappa shape index (κ3) is 5.33. The second kappa shape index (κ2) is 6.53. The lowest BCUT2D eigenvalue weighted by Crippen LogP contribution is -2.25. The molecule has 0 saturated heterocycles. The molecule has 0 aromatic carbocycles. The second-order valence-electron chi connectivity index (χ2n) is 6.06. The lowest BCUT2D eigenvalue weighted by atomic mass is 9.89. The van der Waals surface area contributed by atoms with Gasteiger partial charge in [0.25, 0.3) is 0 Å². The van der Waals surface area contributed by atoms with Crippen LogP contribution < -0.4 is 5.32 Å². The first-order valence-electron chi connectivity index (χ1n) is 6.68. The van der Waals surface area contributed by atoms with Crippen LogP contribution in [0.15, 0.2) is 0 Å². The third-order valence-electron chi connectivity index (χ3n) is 2.80. The summed E-state index contributed by atoms with van der Waals surface area (Å²) in [5.74, 6) is 1.42. The van der Waals surface area contributed by atoms with E-state index < -0.39 is 6.10 Å². The zero-order chi connectivity index (χ0) is 14.6. The van der Waals surface area contributed by atoms with Gasteiger partial charge in [-0.1, -0.05) is 39.3 Å². The smallest absolute Gasteiger partial charge is 0.137 e. The first-order chi connectivity index (χ1) is 8.73. The van der Waals surface area contributed by atoms with Crippen LogP contribution in [0.5, 0.6) is 0 Å². The number of hydrogen-bond donors (Lipinski definition) is 2. The predicted molar refractivity (Wildman–Crippen MR) is 79.7 cm³/mol. The Morgan fingerprint density at radius 2 is 1.95 bits per heavy atom. The van der Waals surface area contributed by atoms with Crippen molar-refractivity contribution in [2.24, 2.45) is 5.41 Å². The Kier molecular flexibility index (Phi) is 5.56. The molecule has 1 aromatic rings. The van der Waals surface area contributed by atoms with E-state index in [1.807, 2.05) is 13.8 Å². The molecule has 1 atom stereocenters. The molecule has 0 amide bonds. The molecule has 1 rings (SSSR count). The number of halogens is 1. The number of aryl methyl sites for hydroxylation is 1. The van der Waals surface area contributed by atoms with Gasteiger partial charge in [0, 0.05) is 18.5 Å². The van der Waals surface area contributed by atoms with Crippen LogP contribution in [-0.2, 0) is 6.42 Å². The van der Waals surface area contributed by atoms with Crippen LogP contribution in [0, 0.1) is 12.3 Å². The van der Waals surface area contributed by atoms with Crippen molar-refractivity contribution in [3.8, 4) is 0 Å². The Balaban J connectivity index is 2.70. The maximum Gasteiger partial charge on any atom is 0.137 e. The highest BCUT2D eigenvalue weighted by Crippen LogP contribution is 2.22. The van der Waals surface area contributed by atoms with Gasteiger partial charge in [0.15, 0.2) is 0 Å². The normalized spacial score (nSPS) is 13.4. The first-order valence-corrected chi connectivity index (χ1v) is 7.05. The molecule has 0 bridgehead atoms. The van der Waals surface area contributed by atoms with E-state index in [2.05, 4.69) is 36.1 Å². The van der Waals surface area contributed by atoms with Crippen molar-refractivity contribution < 1.29 is 5.11 Å². The van der Waals surface area contributed by atoms with E-state index in [1.165, 1.54) is 0 Å². The molecule has 19 heavy (non-hydrogen) atoms. The van der Waals surface area contributed by atoms with E-state index in [-0.39, 0.29) is 5.41 Å². The molecular weight excluding hydrogens is 262 g/mol. The zero-order valence-corrected chi connectivity index (χ0v) is 13.2. The Labute approximate surface area is 120 Å². The maximum absolute atomic E-state index is 9.99. The van der Waals surface area contributed by atoms with Gasteiger partial charge in [-0.2, -0.15) is 0 Å². The summed E-state index contributed by atoms with van der Waals surface area (Å²) >= 11 is 6.07. The molecular formula is C14H24ClN3O. The summed E-state index contributed by atoms with van der Waals surface area (Å²) in [5.41, 5.74) is 0.926. The van der Waals surface area contributed by atoms with Crippen molar-refractivity contribution >= 4 is 17.4 Å². The largest absolute Gasteiger partial charge is 0.391 e. The number of rotatable bonds is 5. The van der Waals surface area contributed by atoms with Gasteiger partial charge in [-0.3, -0.25) is 0 Å². The molecule has 0 spiro atoms. The van der Waals surface area contributed by atoms with Gasteiger partial charge in [0.1, 0.15) is 16.8 Å². The number of aliphatic hydroxyl groups is 1. The highest BCUT2D eigenvalue weighted by atomic mass is 35.5. The molecule has 0 aliphatic rings. The number of aromatic nitrogens is 2. The summed E-state index contributed by atoms with van der Waals surface area (Å²) < 4.78 is 0. The first kappa shape index (κ1) is 16.2. The minimum absolute atomic E-state index is 0.105. The van der Waals surface area contributed by atoms with E-state index in [0.29, 0.717) is 23.3 Å². The van der Waals surface area contributed by atoms with Crippen LogP contribution in [0.3, 0.4) is 0 Å². The highest BCUT2D eigenvalue weighted by Gasteiger charge is 2.17. The van der Waals surface area contributed by atoms with Crippen molar-refractivity contribution in [3.63, 3.8) is 0 Å². The minimum atomic E-state index is -0.404. The van der Waals surface area contributed by atoms with Gasteiger partial charge in [-0.05, 0) is 18.8 Å². The van der Waals surface area contributed by atoms with E-state index >= 15 is 0 Å². The molecule has 1 aromatic heterocycles. The van der Waals surface area contributed by atoms with Gasteiger partial charge in [0.2, 0.25) is 0 Å². The van der Waals surface area contributed by atoms with Crippen molar-refractivity contribution in [3.05, 3.63) is 16.5 Å². The monoisotopic (exact) mass is 285 g/mol. The number of aliphatic hydroxyl groups excluding tert-OH is 1. The second-order valence-corrected chi connectivity index (χ2v) is 6.42. The molecule has 2 N–H and O–H groups in total. The summed E-state index contributed by atoms with van der Waals surface area (Å²) in [6, 6.07) is 0. The molecule has 4 nitrogen and oxygen atoms in total. The number of anilines is 1. The van der Waals surface area contributed by atoms with Gasteiger partial charge in [0.05, 0.1) is 6.10 Å². The predicted octanol–water partition coefficient (Wildman–Crippen LogP) is 3.21. The van der Waals surface area contributed by atoms with E-state index in [1.54, 1.807) is 0 Å². The topological polar surface area (TPSA) is 58.0 Å².